The van der Waals surface area contributed by atoms with Crippen molar-refractivity contribution in [2.24, 2.45) is 5.41 Å². The van der Waals surface area contributed by atoms with E-state index in [2.05, 4.69) is 41.1 Å². The van der Waals surface area contributed by atoms with E-state index in [1.54, 1.807) is 0 Å². The normalized spacial score (nSPS) is 14.6. The van der Waals surface area contributed by atoms with Gasteiger partial charge in [-0.05, 0) is 86.4 Å². The smallest absolute Gasteiger partial charge is 0.339 e. The minimum Gasteiger partial charge on any atom is -0.456 e. The third-order valence-corrected chi connectivity index (χ3v) is 8.98. The van der Waals surface area contributed by atoms with Gasteiger partial charge >= 0.3 is 5.97 Å². The number of ether oxygens (including phenoxy) is 1. The summed E-state index contributed by atoms with van der Waals surface area (Å²) in [5.41, 5.74) is 5.26. The second-order valence-corrected chi connectivity index (χ2v) is 13.8. The molecule has 1 aliphatic carbocycles. The summed E-state index contributed by atoms with van der Waals surface area (Å²) >= 11 is 0. The molecule has 1 saturated carbocycles. The van der Waals surface area contributed by atoms with Crippen molar-refractivity contribution in [1.82, 2.24) is 9.55 Å². The lowest BCUT2D eigenvalue weighted by atomic mass is 9.70. The summed E-state index contributed by atoms with van der Waals surface area (Å²) in [7, 11) is 0. The number of carbonyl (C=O) groups is 3. The Balaban J connectivity index is 1.39. The van der Waals surface area contributed by atoms with E-state index in [9.17, 15) is 14.4 Å². The molecule has 0 saturated heterocycles. The van der Waals surface area contributed by atoms with E-state index in [0.717, 1.165) is 90.5 Å². The van der Waals surface area contributed by atoms with Crippen molar-refractivity contribution in [1.29, 1.82) is 0 Å². The van der Waals surface area contributed by atoms with Crippen LogP contribution in [0.2, 0.25) is 0 Å². The fraction of sp³-hybridized carbons (Fsp3) is 0.436. The monoisotopic (exact) mass is 621 g/mol. The van der Waals surface area contributed by atoms with Crippen LogP contribution in [0, 0.1) is 5.41 Å². The number of hydrogen-bond acceptors (Lipinski definition) is 5. The van der Waals surface area contributed by atoms with Gasteiger partial charge in [0.1, 0.15) is 17.7 Å². The molecule has 0 spiro atoms. The molecule has 5 rings (SSSR count). The summed E-state index contributed by atoms with van der Waals surface area (Å²) in [6.45, 7) is 8.42. The second-order valence-electron chi connectivity index (χ2n) is 13.8. The van der Waals surface area contributed by atoms with E-state index in [1.807, 2.05) is 63.2 Å². The lowest BCUT2D eigenvalue weighted by Gasteiger charge is -2.35. The first-order valence-corrected chi connectivity index (χ1v) is 16.7. The molecule has 1 heterocycles. The minimum absolute atomic E-state index is 0.0392. The Bertz CT molecular complexity index is 1670. The highest BCUT2D eigenvalue weighted by Gasteiger charge is 2.34. The van der Waals surface area contributed by atoms with Gasteiger partial charge in [0.05, 0.1) is 16.6 Å². The van der Waals surface area contributed by atoms with Gasteiger partial charge in [0.2, 0.25) is 5.91 Å². The molecule has 4 aromatic rings. The van der Waals surface area contributed by atoms with E-state index in [-0.39, 0.29) is 17.3 Å². The first kappa shape index (κ1) is 33.1. The average molecular weight is 622 g/mol. The number of amides is 1. The molecular weight excluding hydrogens is 574 g/mol. The highest BCUT2D eigenvalue weighted by atomic mass is 16.6. The van der Waals surface area contributed by atoms with Gasteiger partial charge in [-0.25, -0.2) is 9.78 Å². The number of carbonyl (C=O) groups excluding carboxylic acids is 3. The molecule has 1 aliphatic rings. The number of imidazole rings is 1. The van der Waals surface area contributed by atoms with Crippen LogP contribution in [0.5, 0.6) is 0 Å². The van der Waals surface area contributed by atoms with Gasteiger partial charge < -0.3 is 19.4 Å². The molecule has 0 atom stereocenters. The molecule has 7 nitrogen and oxygen atoms in total. The van der Waals surface area contributed by atoms with Gasteiger partial charge in [-0.1, -0.05) is 75.1 Å². The van der Waals surface area contributed by atoms with Gasteiger partial charge in [-0.3, -0.25) is 4.79 Å². The van der Waals surface area contributed by atoms with Crippen LogP contribution in [0.3, 0.4) is 0 Å². The number of hydrogen-bond donors (Lipinski definition) is 1. The Morgan fingerprint density at radius 1 is 1.00 bits per heavy atom. The second kappa shape index (κ2) is 14.4. The van der Waals surface area contributed by atoms with E-state index < -0.39 is 5.60 Å². The van der Waals surface area contributed by atoms with Crippen molar-refractivity contribution in [2.75, 3.05) is 5.32 Å². The van der Waals surface area contributed by atoms with Crippen molar-refractivity contribution in [3.8, 4) is 11.1 Å². The molecule has 46 heavy (non-hydrogen) atoms. The number of esters is 1. The Morgan fingerprint density at radius 2 is 1.74 bits per heavy atom. The molecular formula is C39H47N3O4. The highest BCUT2D eigenvalue weighted by Crippen LogP contribution is 2.42. The summed E-state index contributed by atoms with van der Waals surface area (Å²) in [6, 6.07) is 21.8. The quantitative estimate of drug-likeness (QED) is 0.126. The molecule has 1 amide bonds. The molecule has 7 heteroatoms. The van der Waals surface area contributed by atoms with Crippen LogP contribution in [0.4, 0.5) is 5.69 Å². The van der Waals surface area contributed by atoms with Gasteiger partial charge in [-0.2, -0.15) is 0 Å². The number of anilines is 1. The van der Waals surface area contributed by atoms with Crippen LogP contribution in [0.25, 0.3) is 22.2 Å². The van der Waals surface area contributed by atoms with Crippen molar-refractivity contribution < 1.29 is 19.1 Å². The number of rotatable bonds is 12. The summed E-state index contributed by atoms with van der Waals surface area (Å²) in [6.07, 6.45) is 9.93. The Hall–Kier alpha value is -4.26. The molecule has 1 fully saturated rings. The van der Waals surface area contributed by atoms with E-state index >= 15 is 0 Å². The number of aryl methyl sites for hydroxylation is 1. The van der Waals surface area contributed by atoms with Crippen LogP contribution >= 0.6 is 0 Å². The maximum Gasteiger partial charge on any atom is 0.339 e. The van der Waals surface area contributed by atoms with Crippen molar-refractivity contribution in [2.45, 2.75) is 104 Å². The molecule has 3 aromatic carbocycles. The Kier molecular flexibility index (Phi) is 10.4. The third-order valence-electron chi connectivity index (χ3n) is 8.98. The predicted octanol–water partition coefficient (Wildman–Crippen LogP) is 8.92. The molecule has 1 aromatic heterocycles. The van der Waals surface area contributed by atoms with E-state index in [4.69, 9.17) is 9.72 Å². The number of unbranched alkanes of at least 4 members (excludes halogenated alkanes) is 1. The molecule has 0 aliphatic heterocycles. The number of nitrogens with one attached hydrogen (secondary N) is 1. The minimum atomic E-state index is -0.576. The number of fused-ring (bicyclic) bond motifs is 1. The number of aromatic nitrogens is 2. The van der Waals surface area contributed by atoms with E-state index in [0.29, 0.717) is 24.9 Å². The average Bonchev–Trinajstić information content (AvgIpc) is 3.36. The maximum atomic E-state index is 13.2. The van der Waals surface area contributed by atoms with Gasteiger partial charge in [0, 0.05) is 31.5 Å². The zero-order valence-corrected chi connectivity index (χ0v) is 27.7. The summed E-state index contributed by atoms with van der Waals surface area (Å²) in [4.78, 5) is 42.6. The lowest BCUT2D eigenvalue weighted by molar-refractivity contribution is -0.120. The molecule has 0 unspecified atom stereocenters. The largest absolute Gasteiger partial charge is 0.456 e. The summed E-state index contributed by atoms with van der Waals surface area (Å²) < 4.78 is 7.91. The molecule has 1 N–H and O–H groups in total. The maximum absolute atomic E-state index is 13.2. The zero-order valence-electron chi connectivity index (χ0n) is 27.7. The van der Waals surface area contributed by atoms with Crippen molar-refractivity contribution in [3.63, 3.8) is 0 Å². The van der Waals surface area contributed by atoms with Gasteiger partial charge in [0.15, 0.2) is 0 Å². The standard InChI is InChI=1S/C39H47N3O4/c1-5-6-14-35-41-33-20-19-30(40-36(44)26-39(23-24-43)21-10-7-11-22-39)25-34(33)42(35)27-28-15-17-29(18-16-28)31-12-8-9-13-32(31)37(45)46-38(2,3)4/h8-9,12-13,15-20,24-25H,5-7,10-11,14,21-23,26-27H2,1-4H3,(H,40,44). The molecule has 0 bridgehead atoms. The summed E-state index contributed by atoms with van der Waals surface area (Å²) in [5, 5.41) is 3.13. The molecule has 0 radical (unpaired) electrons. The Labute approximate surface area is 272 Å². The fourth-order valence-electron chi connectivity index (χ4n) is 6.65. The first-order chi connectivity index (χ1) is 22.1. The topological polar surface area (TPSA) is 90.3 Å². The van der Waals surface area contributed by atoms with Crippen LogP contribution in [0.15, 0.2) is 66.7 Å². The van der Waals surface area contributed by atoms with Crippen molar-refractivity contribution in [3.05, 3.63) is 83.7 Å². The van der Waals surface area contributed by atoms with Gasteiger partial charge in [-0.15, -0.1) is 0 Å². The highest BCUT2D eigenvalue weighted by molar-refractivity contribution is 5.97. The first-order valence-electron chi connectivity index (χ1n) is 16.7. The van der Waals surface area contributed by atoms with Crippen LogP contribution in [-0.2, 0) is 27.3 Å². The van der Waals surface area contributed by atoms with Crippen molar-refractivity contribution >= 4 is 34.9 Å². The lowest BCUT2D eigenvalue weighted by Crippen LogP contribution is -2.30. The van der Waals surface area contributed by atoms with Crippen LogP contribution < -0.4 is 5.32 Å². The van der Waals surface area contributed by atoms with Gasteiger partial charge in [0.25, 0.3) is 0 Å². The third kappa shape index (κ3) is 8.11. The molecule has 242 valence electrons. The predicted molar refractivity (Wildman–Crippen MR) is 184 cm³/mol. The van der Waals surface area contributed by atoms with Crippen LogP contribution in [0.1, 0.15) is 107 Å². The summed E-state index contributed by atoms with van der Waals surface area (Å²) in [5.74, 6) is 0.646. The number of nitrogens with zero attached hydrogens (tertiary/aromatic N) is 2. The zero-order chi connectivity index (χ0) is 32.7. The van der Waals surface area contributed by atoms with Crippen LogP contribution in [-0.4, -0.2) is 33.3 Å². The Morgan fingerprint density at radius 3 is 2.43 bits per heavy atom. The SMILES string of the molecule is CCCCc1nc2ccc(NC(=O)CC3(CC=O)CCCCC3)cc2n1Cc1ccc(-c2ccccc2C(=O)OC(C)(C)C)cc1. The van der Waals surface area contributed by atoms with E-state index in [1.165, 1.54) is 6.42 Å². The fourth-order valence-corrected chi connectivity index (χ4v) is 6.65. The number of benzene rings is 3. The number of aldehydes is 1.